The minimum Gasteiger partial charge on any atom is -0.481 e. The smallest absolute Gasteiger partial charge is 0.317 e. The Bertz CT molecular complexity index is 262. The molecule has 0 spiro atoms. The van der Waals surface area contributed by atoms with E-state index in [9.17, 15) is 9.59 Å². The van der Waals surface area contributed by atoms with Crippen molar-refractivity contribution < 1.29 is 19.4 Å². The van der Waals surface area contributed by atoms with Crippen LogP contribution >= 0.6 is 0 Å². The molecule has 0 aromatic carbocycles. The van der Waals surface area contributed by atoms with Crippen LogP contribution in [0, 0.1) is 5.92 Å². The van der Waals surface area contributed by atoms with Gasteiger partial charge in [0.2, 0.25) is 0 Å². The van der Waals surface area contributed by atoms with Gasteiger partial charge in [-0.05, 0) is 12.8 Å². The number of urea groups is 1. The Hall–Kier alpha value is -1.30. The van der Waals surface area contributed by atoms with Gasteiger partial charge < -0.3 is 20.1 Å². The van der Waals surface area contributed by atoms with Gasteiger partial charge in [-0.25, -0.2) is 4.79 Å². The van der Waals surface area contributed by atoms with E-state index in [4.69, 9.17) is 9.84 Å². The second-order valence-corrected chi connectivity index (χ2v) is 4.08. The topological polar surface area (TPSA) is 78.9 Å². The van der Waals surface area contributed by atoms with Crippen LogP contribution in [0.25, 0.3) is 0 Å². The summed E-state index contributed by atoms with van der Waals surface area (Å²) in [4.78, 5) is 24.2. The quantitative estimate of drug-likeness (QED) is 0.756. The van der Waals surface area contributed by atoms with Crippen LogP contribution in [0.1, 0.15) is 19.8 Å². The van der Waals surface area contributed by atoms with Gasteiger partial charge in [-0.3, -0.25) is 4.79 Å². The van der Waals surface area contributed by atoms with Crippen LogP contribution < -0.4 is 5.32 Å². The third kappa shape index (κ3) is 4.60. The molecule has 1 heterocycles. The van der Waals surface area contributed by atoms with Gasteiger partial charge in [-0.1, -0.05) is 6.92 Å². The van der Waals surface area contributed by atoms with Crippen molar-refractivity contribution in [2.45, 2.75) is 19.8 Å². The molecular weight excluding hydrogens is 224 g/mol. The van der Waals surface area contributed by atoms with Crippen LogP contribution in [0.3, 0.4) is 0 Å². The van der Waals surface area contributed by atoms with Crippen molar-refractivity contribution in [3.05, 3.63) is 0 Å². The largest absolute Gasteiger partial charge is 0.481 e. The Kier molecular flexibility index (Phi) is 5.76. The van der Waals surface area contributed by atoms with Crippen molar-refractivity contribution in [3.63, 3.8) is 0 Å². The van der Waals surface area contributed by atoms with E-state index >= 15 is 0 Å². The Morgan fingerprint density at radius 3 is 2.82 bits per heavy atom. The predicted octanol–water partition coefficient (Wildman–Crippen LogP) is 0.529. The van der Waals surface area contributed by atoms with Gasteiger partial charge in [-0.2, -0.15) is 0 Å². The molecule has 0 aromatic heterocycles. The minimum atomic E-state index is -0.869. The maximum absolute atomic E-state index is 11.8. The van der Waals surface area contributed by atoms with Gasteiger partial charge >= 0.3 is 12.0 Å². The first-order chi connectivity index (χ1) is 8.15. The first-order valence-electron chi connectivity index (χ1n) is 5.98. The lowest BCUT2D eigenvalue weighted by molar-refractivity contribution is -0.141. The van der Waals surface area contributed by atoms with Gasteiger partial charge in [0.15, 0.2) is 0 Å². The van der Waals surface area contributed by atoms with Gasteiger partial charge in [0.05, 0.1) is 12.5 Å². The van der Waals surface area contributed by atoms with Crippen molar-refractivity contribution in [3.8, 4) is 0 Å². The number of hydrogen-bond acceptors (Lipinski definition) is 3. The summed E-state index contributed by atoms with van der Waals surface area (Å²) >= 11 is 0. The van der Waals surface area contributed by atoms with Crippen molar-refractivity contribution in [1.82, 2.24) is 10.2 Å². The summed E-state index contributed by atoms with van der Waals surface area (Å²) in [6, 6.07) is -0.199. The Morgan fingerprint density at radius 1 is 1.41 bits per heavy atom. The van der Waals surface area contributed by atoms with Crippen LogP contribution in [-0.4, -0.2) is 54.9 Å². The monoisotopic (exact) mass is 244 g/mol. The number of amides is 2. The normalized spacial score (nSPS) is 18.3. The molecule has 0 saturated carbocycles. The molecule has 0 aliphatic carbocycles. The number of aliphatic carboxylic acids is 1. The lowest BCUT2D eigenvalue weighted by Gasteiger charge is -2.21. The number of carbonyl (C=O) groups excluding carboxylic acids is 1. The Balaban J connectivity index is 2.34. The fourth-order valence-corrected chi connectivity index (χ4v) is 1.68. The zero-order valence-corrected chi connectivity index (χ0v) is 10.1. The van der Waals surface area contributed by atoms with Crippen molar-refractivity contribution in [1.29, 1.82) is 0 Å². The fourth-order valence-electron chi connectivity index (χ4n) is 1.68. The molecule has 17 heavy (non-hydrogen) atoms. The summed E-state index contributed by atoms with van der Waals surface area (Å²) in [7, 11) is 0. The standard InChI is InChI=1S/C11H20N2O4/c1-2-9(10(14)15)8-12-11(16)13-4-3-6-17-7-5-13/h9H,2-8H2,1H3,(H,12,16)(H,14,15). The summed E-state index contributed by atoms with van der Waals surface area (Å²) < 4.78 is 5.24. The number of nitrogens with one attached hydrogen (secondary N) is 1. The lowest BCUT2D eigenvalue weighted by Crippen LogP contribution is -2.43. The van der Waals surface area contributed by atoms with Gasteiger partial charge in [0, 0.05) is 26.2 Å². The summed E-state index contributed by atoms with van der Waals surface area (Å²) in [6.45, 7) is 4.43. The van der Waals surface area contributed by atoms with Crippen molar-refractivity contribution in [2.75, 3.05) is 32.8 Å². The highest BCUT2D eigenvalue weighted by atomic mass is 16.5. The molecule has 1 aliphatic heterocycles. The SMILES string of the molecule is CCC(CNC(=O)N1CCCOCC1)C(=O)O. The molecule has 1 aliphatic rings. The molecule has 1 saturated heterocycles. The number of carboxylic acid groups (broad SMARTS) is 1. The molecule has 2 N–H and O–H groups in total. The van der Waals surface area contributed by atoms with Crippen LogP contribution in [0.2, 0.25) is 0 Å². The zero-order valence-electron chi connectivity index (χ0n) is 10.1. The maximum atomic E-state index is 11.8. The molecule has 0 radical (unpaired) electrons. The lowest BCUT2D eigenvalue weighted by atomic mass is 10.1. The fraction of sp³-hybridized carbons (Fsp3) is 0.818. The Morgan fingerprint density at radius 2 is 2.18 bits per heavy atom. The second-order valence-electron chi connectivity index (χ2n) is 4.08. The number of nitrogens with zero attached hydrogens (tertiary/aromatic N) is 1. The summed E-state index contributed by atoms with van der Waals surface area (Å²) in [5, 5.41) is 11.5. The average Bonchev–Trinajstić information content (AvgIpc) is 2.57. The molecule has 1 rings (SSSR count). The third-order valence-corrected chi connectivity index (χ3v) is 2.85. The van der Waals surface area contributed by atoms with E-state index in [0.717, 1.165) is 6.42 Å². The zero-order chi connectivity index (χ0) is 12.7. The molecule has 0 aromatic rings. The van der Waals surface area contributed by atoms with Gasteiger partial charge in [0.1, 0.15) is 0 Å². The first-order valence-corrected chi connectivity index (χ1v) is 5.98. The number of rotatable bonds is 4. The Labute approximate surface area is 101 Å². The van der Waals surface area contributed by atoms with Gasteiger partial charge in [0.25, 0.3) is 0 Å². The molecular formula is C11H20N2O4. The highest BCUT2D eigenvalue weighted by molar-refractivity contribution is 5.76. The summed E-state index contributed by atoms with van der Waals surface area (Å²) in [5.74, 6) is -1.38. The van der Waals surface area contributed by atoms with Gasteiger partial charge in [-0.15, -0.1) is 0 Å². The molecule has 1 atom stereocenters. The predicted molar refractivity (Wildman–Crippen MR) is 61.8 cm³/mol. The highest BCUT2D eigenvalue weighted by Crippen LogP contribution is 2.03. The molecule has 1 fully saturated rings. The maximum Gasteiger partial charge on any atom is 0.317 e. The van der Waals surface area contributed by atoms with Crippen molar-refractivity contribution in [2.24, 2.45) is 5.92 Å². The number of carbonyl (C=O) groups is 2. The van der Waals surface area contributed by atoms with E-state index in [1.165, 1.54) is 0 Å². The molecule has 6 nitrogen and oxygen atoms in total. The van der Waals surface area contributed by atoms with E-state index in [-0.39, 0.29) is 12.6 Å². The third-order valence-electron chi connectivity index (χ3n) is 2.85. The highest BCUT2D eigenvalue weighted by Gasteiger charge is 2.19. The van der Waals surface area contributed by atoms with Crippen LogP contribution in [0.15, 0.2) is 0 Å². The van der Waals surface area contributed by atoms with E-state index in [2.05, 4.69) is 5.32 Å². The van der Waals surface area contributed by atoms with Crippen LogP contribution in [0.4, 0.5) is 4.79 Å². The molecule has 2 amide bonds. The number of carboxylic acids is 1. The van der Waals surface area contributed by atoms with E-state index < -0.39 is 11.9 Å². The first kappa shape index (κ1) is 13.8. The molecule has 98 valence electrons. The van der Waals surface area contributed by atoms with Crippen LogP contribution in [0.5, 0.6) is 0 Å². The molecule has 1 unspecified atom stereocenters. The minimum absolute atomic E-state index is 0.183. The van der Waals surface area contributed by atoms with Crippen LogP contribution in [-0.2, 0) is 9.53 Å². The van der Waals surface area contributed by atoms with E-state index in [1.54, 1.807) is 11.8 Å². The average molecular weight is 244 g/mol. The van der Waals surface area contributed by atoms with Crippen molar-refractivity contribution >= 4 is 12.0 Å². The molecule has 6 heteroatoms. The number of hydrogen-bond donors (Lipinski definition) is 2. The number of ether oxygens (including phenoxy) is 1. The summed E-state index contributed by atoms with van der Waals surface area (Å²) in [5.41, 5.74) is 0. The van der Waals surface area contributed by atoms with E-state index in [0.29, 0.717) is 32.7 Å². The molecule has 0 bridgehead atoms. The second kappa shape index (κ2) is 7.11. The van der Waals surface area contributed by atoms with E-state index in [1.807, 2.05) is 0 Å². The summed E-state index contributed by atoms with van der Waals surface area (Å²) in [6.07, 6.45) is 1.34.